The van der Waals surface area contributed by atoms with Crippen LogP contribution in [0.3, 0.4) is 0 Å². The van der Waals surface area contributed by atoms with Gasteiger partial charge in [-0.25, -0.2) is 4.79 Å². The fourth-order valence-corrected chi connectivity index (χ4v) is 4.88. The summed E-state index contributed by atoms with van der Waals surface area (Å²) in [7, 11) is 0. The molecule has 3 fully saturated rings. The topological polar surface area (TPSA) is 65.1 Å². The first kappa shape index (κ1) is 17.8. The van der Waals surface area contributed by atoms with Gasteiger partial charge >= 0.3 is 6.03 Å². The molecule has 7 nitrogen and oxygen atoms in total. The van der Waals surface area contributed by atoms with Crippen LogP contribution in [-0.2, 0) is 4.74 Å². The molecule has 1 aromatic rings. The lowest BCUT2D eigenvalue weighted by molar-refractivity contribution is 0.0363. The number of hydrogen-bond donors (Lipinski definition) is 1. The van der Waals surface area contributed by atoms with Crippen molar-refractivity contribution in [3.63, 3.8) is 0 Å². The van der Waals surface area contributed by atoms with Crippen molar-refractivity contribution in [3.8, 4) is 0 Å². The first-order valence-electron chi connectivity index (χ1n) is 9.46. The van der Waals surface area contributed by atoms with Gasteiger partial charge in [0.2, 0.25) is 0 Å². The average Bonchev–Trinajstić information content (AvgIpc) is 3.39. The number of morpholine rings is 1. The molecule has 142 valence electrons. The molecule has 0 spiro atoms. The molecule has 3 saturated heterocycles. The molecule has 1 atom stereocenters. The first-order valence-corrected chi connectivity index (χ1v) is 10.3. The summed E-state index contributed by atoms with van der Waals surface area (Å²) in [5.41, 5.74) is 0. The maximum atomic E-state index is 12.8. The van der Waals surface area contributed by atoms with Crippen LogP contribution in [0.1, 0.15) is 33.4 Å². The van der Waals surface area contributed by atoms with E-state index >= 15 is 0 Å². The number of piperazine rings is 1. The molecule has 0 unspecified atom stereocenters. The van der Waals surface area contributed by atoms with Gasteiger partial charge in [-0.1, -0.05) is 0 Å². The first-order chi connectivity index (χ1) is 12.7. The molecule has 1 aromatic heterocycles. The fraction of sp³-hybridized carbons (Fsp3) is 0.667. The summed E-state index contributed by atoms with van der Waals surface area (Å²) >= 11 is 1.61. The van der Waals surface area contributed by atoms with E-state index in [1.54, 1.807) is 11.3 Å². The Morgan fingerprint density at radius 2 is 1.69 bits per heavy atom. The molecular weight excluding hydrogens is 352 g/mol. The number of urea groups is 1. The molecule has 0 aromatic carbocycles. The number of hydrogen-bond acceptors (Lipinski definition) is 5. The molecule has 0 saturated carbocycles. The van der Waals surface area contributed by atoms with Gasteiger partial charge in [0.1, 0.15) is 0 Å². The molecule has 26 heavy (non-hydrogen) atoms. The van der Waals surface area contributed by atoms with Gasteiger partial charge in [0.15, 0.2) is 0 Å². The lowest BCUT2D eigenvalue weighted by Gasteiger charge is -2.38. The summed E-state index contributed by atoms with van der Waals surface area (Å²) in [5.74, 6) is 0.0951. The van der Waals surface area contributed by atoms with E-state index in [0.29, 0.717) is 58.5 Å². The second-order valence-corrected chi connectivity index (χ2v) is 8.13. The molecule has 3 amide bonds. The Balaban J connectivity index is 1.31. The van der Waals surface area contributed by atoms with E-state index in [4.69, 9.17) is 4.74 Å². The largest absolute Gasteiger partial charge is 0.378 e. The molecule has 0 radical (unpaired) electrons. The molecule has 3 aliphatic heterocycles. The number of carbonyl (C=O) groups excluding carboxylic acids is 2. The second kappa shape index (κ2) is 7.94. The quantitative estimate of drug-likeness (QED) is 0.845. The van der Waals surface area contributed by atoms with E-state index < -0.39 is 0 Å². The highest BCUT2D eigenvalue weighted by atomic mass is 32.1. The molecule has 8 heteroatoms. The van der Waals surface area contributed by atoms with Crippen molar-refractivity contribution in [2.45, 2.75) is 18.9 Å². The number of nitrogens with one attached hydrogen (secondary N) is 1. The maximum absolute atomic E-state index is 12.8. The number of ether oxygens (including phenoxy) is 1. The van der Waals surface area contributed by atoms with Gasteiger partial charge in [-0.2, -0.15) is 0 Å². The van der Waals surface area contributed by atoms with Crippen LogP contribution in [0.25, 0.3) is 0 Å². The van der Waals surface area contributed by atoms with Crippen LogP contribution >= 0.6 is 11.3 Å². The van der Waals surface area contributed by atoms with E-state index in [1.807, 2.05) is 20.8 Å². The van der Waals surface area contributed by atoms with E-state index in [-0.39, 0.29) is 11.9 Å². The summed E-state index contributed by atoms with van der Waals surface area (Å²) in [6.45, 7) is 6.01. The van der Waals surface area contributed by atoms with Gasteiger partial charge in [-0.15, -0.1) is 11.3 Å². The van der Waals surface area contributed by atoms with E-state index in [0.717, 1.165) is 17.8 Å². The number of thiophene rings is 1. The molecule has 3 aliphatic rings. The summed E-state index contributed by atoms with van der Waals surface area (Å²) in [4.78, 5) is 33.0. The Kier molecular flexibility index (Phi) is 5.42. The van der Waals surface area contributed by atoms with Crippen LogP contribution in [-0.4, -0.2) is 85.7 Å². The summed E-state index contributed by atoms with van der Waals surface area (Å²) in [6, 6.07) is 4.52. The van der Waals surface area contributed by atoms with Gasteiger partial charge in [-0.05, 0) is 31.5 Å². The molecule has 0 bridgehead atoms. The zero-order valence-corrected chi connectivity index (χ0v) is 15.8. The zero-order valence-electron chi connectivity index (χ0n) is 15.0. The van der Waals surface area contributed by atoms with Gasteiger partial charge in [0.05, 0.1) is 18.1 Å². The minimum absolute atomic E-state index is 0.0751. The Morgan fingerprint density at radius 1 is 1.00 bits per heavy atom. The number of rotatable bonds is 2. The van der Waals surface area contributed by atoms with Gasteiger partial charge in [0, 0.05) is 50.2 Å². The van der Waals surface area contributed by atoms with E-state index in [2.05, 4.69) is 11.4 Å². The Hall–Kier alpha value is -1.64. The average molecular weight is 378 g/mol. The van der Waals surface area contributed by atoms with Crippen LogP contribution in [0.2, 0.25) is 0 Å². The second-order valence-electron chi connectivity index (χ2n) is 7.01. The Morgan fingerprint density at radius 3 is 2.38 bits per heavy atom. The smallest absolute Gasteiger partial charge is 0.320 e. The van der Waals surface area contributed by atoms with Crippen LogP contribution < -0.4 is 5.32 Å². The predicted octanol–water partition coefficient (Wildman–Crippen LogP) is 1.38. The lowest BCUT2D eigenvalue weighted by Crippen LogP contribution is -2.55. The monoisotopic (exact) mass is 378 g/mol. The SMILES string of the molecule is O=C(c1ccc([C@@H]2CCCN2)s1)N1CCN(C(=O)N2CCOCC2)CC1. The lowest BCUT2D eigenvalue weighted by atomic mass is 10.2. The zero-order chi connectivity index (χ0) is 17.9. The minimum atomic E-state index is 0.0751. The van der Waals surface area contributed by atoms with Crippen molar-refractivity contribution in [1.29, 1.82) is 0 Å². The van der Waals surface area contributed by atoms with Gasteiger partial charge in [-0.3, -0.25) is 4.79 Å². The van der Waals surface area contributed by atoms with Crippen LogP contribution in [0.15, 0.2) is 12.1 Å². The highest BCUT2D eigenvalue weighted by molar-refractivity contribution is 7.14. The Labute approximate surface area is 157 Å². The number of carbonyl (C=O) groups is 2. The van der Waals surface area contributed by atoms with Crippen molar-refractivity contribution in [2.75, 3.05) is 59.0 Å². The van der Waals surface area contributed by atoms with Crippen molar-refractivity contribution in [3.05, 3.63) is 21.9 Å². The normalized spacial score (nSPS) is 24.2. The minimum Gasteiger partial charge on any atom is -0.378 e. The fourth-order valence-electron chi connectivity index (χ4n) is 3.79. The number of amides is 3. The summed E-state index contributed by atoms with van der Waals surface area (Å²) < 4.78 is 5.30. The third kappa shape index (κ3) is 3.72. The van der Waals surface area contributed by atoms with E-state index in [9.17, 15) is 9.59 Å². The third-order valence-electron chi connectivity index (χ3n) is 5.36. The van der Waals surface area contributed by atoms with E-state index in [1.165, 1.54) is 11.3 Å². The van der Waals surface area contributed by atoms with Crippen molar-refractivity contribution in [1.82, 2.24) is 20.0 Å². The molecular formula is C18H26N4O3S. The van der Waals surface area contributed by atoms with Crippen molar-refractivity contribution in [2.24, 2.45) is 0 Å². The summed E-state index contributed by atoms with van der Waals surface area (Å²) in [6.07, 6.45) is 2.35. The highest BCUT2D eigenvalue weighted by Crippen LogP contribution is 2.30. The van der Waals surface area contributed by atoms with Crippen molar-refractivity contribution >= 4 is 23.3 Å². The van der Waals surface area contributed by atoms with Gasteiger partial charge < -0.3 is 24.8 Å². The maximum Gasteiger partial charge on any atom is 0.320 e. The van der Waals surface area contributed by atoms with Gasteiger partial charge in [0.25, 0.3) is 5.91 Å². The van der Waals surface area contributed by atoms with Crippen molar-refractivity contribution < 1.29 is 14.3 Å². The van der Waals surface area contributed by atoms with Crippen LogP contribution in [0.5, 0.6) is 0 Å². The molecule has 4 heterocycles. The summed E-state index contributed by atoms with van der Waals surface area (Å²) in [5, 5.41) is 3.48. The highest BCUT2D eigenvalue weighted by Gasteiger charge is 2.29. The van der Waals surface area contributed by atoms with Crippen LogP contribution in [0.4, 0.5) is 4.79 Å². The third-order valence-corrected chi connectivity index (χ3v) is 6.55. The van der Waals surface area contributed by atoms with Crippen LogP contribution in [0, 0.1) is 0 Å². The predicted molar refractivity (Wildman–Crippen MR) is 99.6 cm³/mol. The molecule has 0 aliphatic carbocycles. The molecule has 1 N–H and O–H groups in total. The standard InChI is InChI=1S/C18H26N4O3S/c23-17(16-4-3-15(26-16)14-2-1-5-19-14)20-6-8-21(9-7-20)18(24)22-10-12-25-13-11-22/h3-4,14,19H,1-2,5-13H2/t14-/m0/s1. The number of nitrogens with zero attached hydrogens (tertiary/aromatic N) is 3. The Bertz CT molecular complexity index is 645. The molecule has 4 rings (SSSR count).